The van der Waals surface area contributed by atoms with E-state index < -0.39 is 5.91 Å². The minimum Gasteiger partial charge on any atom is -0.343 e. The van der Waals surface area contributed by atoms with Gasteiger partial charge in [0.05, 0.1) is 12.7 Å². The lowest BCUT2D eigenvalue weighted by Crippen LogP contribution is -2.30. The monoisotopic (exact) mass is 242 g/mol. The van der Waals surface area contributed by atoms with Crippen LogP contribution in [0.3, 0.4) is 0 Å². The van der Waals surface area contributed by atoms with E-state index in [1.165, 1.54) is 31.0 Å². The zero-order chi connectivity index (χ0) is 12.8. The van der Waals surface area contributed by atoms with Gasteiger partial charge in [0, 0.05) is 30.4 Å². The molecule has 90 valence electrons. The first-order chi connectivity index (χ1) is 8.77. The molecule has 0 aliphatic heterocycles. The van der Waals surface area contributed by atoms with Crippen LogP contribution in [0.4, 0.5) is 0 Å². The molecule has 6 nitrogen and oxygen atoms in total. The zero-order valence-electron chi connectivity index (χ0n) is 9.41. The molecule has 2 rings (SSSR count). The number of Topliss-reactive ketones (excluding diaryl/α,β-unsaturated/α-hetero) is 1. The lowest BCUT2D eigenvalue weighted by Gasteiger charge is -2.03. The van der Waals surface area contributed by atoms with Gasteiger partial charge in [-0.05, 0) is 12.1 Å². The van der Waals surface area contributed by atoms with Crippen LogP contribution in [0, 0.1) is 0 Å². The second-order valence-corrected chi connectivity index (χ2v) is 3.43. The fraction of sp³-hybridized carbons (Fsp3) is 0.0833. The van der Waals surface area contributed by atoms with Crippen molar-refractivity contribution in [1.29, 1.82) is 0 Å². The van der Waals surface area contributed by atoms with E-state index in [1.54, 1.807) is 12.1 Å². The lowest BCUT2D eigenvalue weighted by molar-refractivity contribution is 0.0900. The first-order valence-corrected chi connectivity index (χ1v) is 5.25. The molecule has 0 saturated carbocycles. The Morgan fingerprint density at radius 1 is 1.06 bits per heavy atom. The van der Waals surface area contributed by atoms with Crippen LogP contribution in [-0.2, 0) is 0 Å². The van der Waals surface area contributed by atoms with E-state index in [2.05, 4.69) is 20.3 Å². The van der Waals surface area contributed by atoms with Crippen LogP contribution in [-0.4, -0.2) is 33.2 Å². The van der Waals surface area contributed by atoms with Crippen molar-refractivity contribution in [1.82, 2.24) is 20.3 Å². The summed E-state index contributed by atoms with van der Waals surface area (Å²) in [7, 11) is 0. The molecule has 2 aromatic heterocycles. The van der Waals surface area contributed by atoms with E-state index >= 15 is 0 Å². The predicted molar refractivity (Wildman–Crippen MR) is 62.9 cm³/mol. The highest BCUT2D eigenvalue weighted by molar-refractivity contribution is 6.01. The topological polar surface area (TPSA) is 84.8 Å². The molecular weight excluding hydrogens is 232 g/mol. The molecule has 0 unspecified atom stereocenters. The average Bonchev–Trinajstić information content (AvgIpc) is 2.46. The van der Waals surface area contributed by atoms with Crippen LogP contribution in [0.1, 0.15) is 20.8 Å². The largest absolute Gasteiger partial charge is 0.343 e. The molecule has 2 aromatic rings. The van der Waals surface area contributed by atoms with E-state index in [4.69, 9.17) is 0 Å². The first kappa shape index (κ1) is 11.8. The third-order valence-electron chi connectivity index (χ3n) is 2.21. The Kier molecular flexibility index (Phi) is 3.70. The molecule has 0 atom stereocenters. The molecule has 1 amide bonds. The summed E-state index contributed by atoms with van der Waals surface area (Å²) in [5, 5.41) is 2.49. The molecule has 0 saturated heterocycles. The fourth-order valence-corrected chi connectivity index (χ4v) is 1.31. The van der Waals surface area contributed by atoms with Crippen molar-refractivity contribution in [2.24, 2.45) is 0 Å². The standard InChI is InChI=1S/C12H10N4O2/c17-11(9-1-3-13-4-2-9)8-16-12(18)10-7-14-5-6-15-10/h1-7H,8H2,(H,16,18). The highest BCUT2D eigenvalue weighted by atomic mass is 16.2. The number of rotatable bonds is 4. The molecule has 0 spiro atoms. The molecular formula is C12H10N4O2. The second-order valence-electron chi connectivity index (χ2n) is 3.43. The van der Waals surface area contributed by atoms with Crippen molar-refractivity contribution in [2.45, 2.75) is 0 Å². The number of carbonyl (C=O) groups is 2. The Bertz CT molecular complexity index is 491. The SMILES string of the molecule is O=C(CNC(=O)c1cnccn1)c1ccncc1. The molecule has 0 aliphatic carbocycles. The number of carbonyl (C=O) groups excluding carboxylic acids is 2. The van der Waals surface area contributed by atoms with Crippen LogP contribution in [0.2, 0.25) is 0 Å². The number of ketones is 1. The molecule has 0 radical (unpaired) electrons. The highest BCUT2D eigenvalue weighted by Gasteiger charge is 2.10. The third kappa shape index (κ3) is 2.94. The van der Waals surface area contributed by atoms with Crippen molar-refractivity contribution in [3.8, 4) is 0 Å². The van der Waals surface area contributed by atoms with Crippen molar-refractivity contribution < 1.29 is 9.59 Å². The normalized spacial score (nSPS) is 9.78. The number of nitrogens with one attached hydrogen (secondary N) is 1. The Balaban J connectivity index is 1.93. The molecule has 6 heteroatoms. The summed E-state index contributed by atoms with van der Waals surface area (Å²) in [6.45, 7) is -0.0839. The van der Waals surface area contributed by atoms with E-state index in [1.807, 2.05) is 0 Å². The summed E-state index contributed by atoms with van der Waals surface area (Å²) < 4.78 is 0. The quantitative estimate of drug-likeness (QED) is 0.788. The van der Waals surface area contributed by atoms with Crippen molar-refractivity contribution >= 4 is 11.7 Å². The van der Waals surface area contributed by atoms with Crippen LogP contribution in [0.15, 0.2) is 43.1 Å². The number of hydrogen-bond donors (Lipinski definition) is 1. The molecule has 0 bridgehead atoms. The zero-order valence-corrected chi connectivity index (χ0v) is 9.41. The van der Waals surface area contributed by atoms with Crippen LogP contribution in [0.25, 0.3) is 0 Å². The van der Waals surface area contributed by atoms with Gasteiger partial charge >= 0.3 is 0 Å². The number of aromatic nitrogens is 3. The number of nitrogens with zero attached hydrogens (tertiary/aromatic N) is 3. The summed E-state index contributed by atoms with van der Waals surface area (Å²) in [5.74, 6) is -0.611. The van der Waals surface area contributed by atoms with Gasteiger partial charge in [-0.2, -0.15) is 0 Å². The fourth-order valence-electron chi connectivity index (χ4n) is 1.31. The molecule has 0 aromatic carbocycles. The van der Waals surface area contributed by atoms with Gasteiger partial charge < -0.3 is 5.32 Å². The summed E-state index contributed by atoms with van der Waals surface area (Å²) in [5.41, 5.74) is 0.685. The van der Waals surface area contributed by atoms with Crippen molar-refractivity contribution in [3.63, 3.8) is 0 Å². The Hall–Kier alpha value is -2.63. The van der Waals surface area contributed by atoms with Crippen molar-refractivity contribution in [2.75, 3.05) is 6.54 Å². The Labute approximate surface area is 103 Å². The van der Waals surface area contributed by atoms with Crippen LogP contribution >= 0.6 is 0 Å². The lowest BCUT2D eigenvalue weighted by atomic mass is 10.2. The first-order valence-electron chi connectivity index (χ1n) is 5.25. The van der Waals surface area contributed by atoms with Crippen molar-refractivity contribution in [3.05, 3.63) is 54.4 Å². The highest BCUT2D eigenvalue weighted by Crippen LogP contribution is 1.97. The van der Waals surface area contributed by atoms with Gasteiger partial charge in [-0.25, -0.2) is 4.98 Å². The molecule has 1 N–H and O–H groups in total. The van der Waals surface area contributed by atoms with Crippen LogP contribution in [0.5, 0.6) is 0 Å². The Morgan fingerprint density at radius 3 is 2.50 bits per heavy atom. The molecule has 0 aliphatic rings. The van der Waals surface area contributed by atoms with Crippen LogP contribution < -0.4 is 5.32 Å². The van der Waals surface area contributed by atoms with E-state index in [9.17, 15) is 9.59 Å². The summed E-state index contributed by atoms with van der Waals surface area (Å²) >= 11 is 0. The third-order valence-corrected chi connectivity index (χ3v) is 2.21. The summed E-state index contributed by atoms with van der Waals surface area (Å²) in [6, 6.07) is 3.19. The second kappa shape index (κ2) is 5.62. The van der Waals surface area contributed by atoms with Gasteiger partial charge in [0.1, 0.15) is 5.69 Å². The van der Waals surface area contributed by atoms with Gasteiger partial charge in [-0.3, -0.25) is 19.6 Å². The maximum atomic E-state index is 11.7. The number of amides is 1. The van der Waals surface area contributed by atoms with Gasteiger partial charge in [-0.15, -0.1) is 0 Å². The minimum atomic E-state index is -0.425. The van der Waals surface area contributed by atoms with E-state index in [0.717, 1.165) is 0 Å². The molecule has 2 heterocycles. The number of hydrogen-bond acceptors (Lipinski definition) is 5. The van der Waals surface area contributed by atoms with Gasteiger partial charge in [0.25, 0.3) is 5.91 Å². The number of pyridine rings is 1. The van der Waals surface area contributed by atoms with Gasteiger partial charge in [0.2, 0.25) is 0 Å². The minimum absolute atomic E-state index is 0.0839. The van der Waals surface area contributed by atoms with Gasteiger partial charge in [-0.1, -0.05) is 0 Å². The summed E-state index contributed by atoms with van der Waals surface area (Å²) in [4.78, 5) is 34.7. The Morgan fingerprint density at radius 2 is 1.83 bits per heavy atom. The summed E-state index contributed by atoms with van der Waals surface area (Å²) in [6.07, 6.45) is 7.28. The van der Waals surface area contributed by atoms with E-state index in [-0.39, 0.29) is 18.0 Å². The predicted octanol–water partition coefficient (Wildman–Crippen LogP) is 0.484. The molecule has 0 fully saturated rings. The van der Waals surface area contributed by atoms with E-state index in [0.29, 0.717) is 5.56 Å². The average molecular weight is 242 g/mol. The maximum absolute atomic E-state index is 11.7. The molecule has 18 heavy (non-hydrogen) atoms. The smallest absolute Gasteiger partial charge is 0.271 e. The van der Waals surface area contributed by atoms with Gasteiger partial charge in [0.15, 0.2) is 5.78 Å². The maximum Gasteiger partial charge on any atom is 0.271 e.